The average molecular weight is 574 g/mol. The molecule has 3 aromatic rings. The lowest BCUT2D eigenvalue weighted by Crippen LogP contribution is -2.16. The molecule has 8 nitrogen and oxygen atoms in total. The van der Waals surface area contributed by atoms with Crippen LogP contribution < -0.4 is 11.1 Å². The number of anilines is 2. The van der Waals surface area contributed by atoms with Crippen LogP contribution in [0.1, 0.15) is 77.0 Å². The highest BCUT2D eigenvalue weighted by molar-refractivity contribution is 7.99. The van der Waals surface area contributed by atoms with E-state index in [9.17, 15) is 20.1 Å². The number of aromatic nitrogens is 1. The second-order valence-corrected chi connectivity index (χ2v) is 12.3. The van der Waals surface area contributed by atoms with Gasteiger partial charge in [-0.3, -0.25) is 4.79 Å². The summed E-state index contributed by atoms with van der Waals surface area (Å²) in [6, 6.07) is 12.0. The first-order chi connectivity index (χ1) is 19.2. The van der Waals surface area contributed by atoms with Crippen LogP contribution in [0.3, 0.4) is 0 Å². The van der Waals surface area contributed by atoms with E-state index >= 15 is 0 Å². The molecule has 1 aliphatic rings. The lowest BCUT2D eigenvalue weighted by molar-refractivity contribution is -0.115. The third-order valence-corrected chi connectivity index (χ3v) is 9.15. The van der Waals surface area contributed by atoms with Crippen molar-refractivity contribution in [1.82, 2.24) is 4.98 Å². The van der Waals surface area contributed by atoms with Crippen LogP contribution in [0.5, 0.6) is 0 Å². The number of nitrogen functional groups attached to an aromatic ring is 1. The first-order valence-electron chi connectivity index (χ1n) is 13.1. The summed E-state index contributed by atoms with van der Waals surface area (Å²) in [5.74, 6) is 0.524. The molecule has 2 heterocycles. The molecule has 10 heteroatoms. The summed E-state index contributed by atoms with van der Waals surface area (Å²) >= 11 is 2.67. The summed E-state index contributed by atoms with van der Waals surface area (Å²) in [6.45, 7) is 6.37. The van der Waals surface area contributed by atoms with Crippen LogP contribution in [0.15, 0.2) is 29.3 Å². The van der Waals surface area contributed by atoms with E-state index < -0.39 is 5.97 Å². The minimum Gasteiger partial charge on any atom is -0.465 e. The van der Waals surface area contributed by atoms with Crippen LogP contribution in [0.25, 0.3) is 11.1 Å². The number of nitrogens with one attached hydrogen (secondary N) is 1. The van der Waals surface area contributed by atoms with Crippen LogP contribution in [0.4, 0.5) is 10.8 Å². The summed E-state index contributed by atoms with van der Waals surface area (Å²) in [7, 11) is 1.34. The highest BCUT2D eigenvalue weighted by atomic mass is 32.2. The molecular formula is C30H31N5O3S2. The molecule has 3 N–H and O–H groups in total. The van der Waals surface area contributed by atoms with E-state index in [1.807, 2.05) is 24.3 Å². The number of amides is 1. The van der Waals surface area contributed by atoms with Gasteiger partial charge in [-0.1, -0.05) is 45.0 Å². The Morgan fingerprint density at radius 3 is 2.55 bits per heavy atom. The van der Waals surface area contributed by atoms with Gasteiger partial charge in [-0.2, -0.15) is 10.5 Å². The summed E-state index contributed by atoms with van der Waals surface area (Å²) in [5.41, 5.74) is 10.3. The molecule has 1 atom stereocenters. The van der Waals surface area contributed by atoms with E-state index in [1.54, 1.807) is 0 Å². The highest BCUT2D eigenvalue weighted by Crippen LogP contribution is 2.40. The fourth-order valence-corrected chi connectivity index (χ4v) is 7.16. The molecule has 206 valence electrons. The summed E-state index contributed by atoms with van der Waals surface area (Å²) in [6.07, 6.45) is 2.77. The summed E-state index contributed by atoms with van der Waals surface area (Å²) in [4.78, 5) is 30.9. The molecule has 2 aromatic heterocycles. The number of hydrogen-bond donors (Lipinski definition) is 2. The molecule has 40 heavy (non-hydrogen) atoms. The van der Waals surface area contributed by atoms with E-state index in [0.717, 1.165) is 35.3 Å². The number of pyridine rings is 1. The number of rotatable bonds is 8. The van der Waals surface area contributed by atoms with Gasteiger partial charge in [0.1, 0.15) is 33.5 Å². The van der Waals surface area contributed by atoms with Crippen molar-refractivity contribution in [3.8, 4) is 23.3 Å². The Bertz CT molecular complexity index is 1530. The van der Waals surface area contributed by atoms with Crippen LogP contribution in [0, 0.1) is 28.6 Å². The van der Waals surface area contributed by atoms with Crippen molar-refractivity contribution in [1.29, 1.82) is 10.5 Å². The lowest BCUT2D eigenvalue weighted by Gasteiger charge is -2.18. The maximum atomic E-state index is 12.9. The fraction of sp³-hybridized carbons (Fsp3) is 0.367. The molecule has 0 fully saturated rings. The number of carbonyl (C=O) groups excluding carboxylic acids is 2. The predicted octanol–water partition coefficient (Wildman–Crippen LogP) is 6.29. The average Bonchev–Trinajstić information content (AvgIpc) is 3.28. The number of ether oxygens (including phenoxy) is 1. The molecule has 0 saturated carbocycles. The predicted molar refractivity (Wildman–Crippen MR) is 158 cm³/mol. The number of nitriles is 2. The maximum Gasteiger partial charge on any atom is 0.341 e. The number of carbonyl (C=O) groups is 2. The minimum absolute atomic E-state index is 0.0394. The maximum absolute atomic E-state index is 12.9. The van der Waals surface area contributed by atoms with Crippen molar-refractivity contribution in [2.45, 2.75) is 57.4 Å². The quantitative estimate of drug-likeness (QED) is 0.236. The molecule has 1 aliphatic carbocycles. The Hall–Kier alpha value is -3.86. The number of hydrogen-bond acceptors (Lipinski definition) is 9. The molecule has 1 amide bonds. The highest BCUT2D eigenvalue weighted by Gasteiger charge is 2.29. The van der Waals surface area contributed by atoms with Crippen molar-refractivity contribution in [3.63, 3.8) is 0 Å². The second-order valence-electron chi connectivity index (χ2n) is 10.1. The van der Waals surface area contributed by atoms with E-state index in [2.05, 4.69) is 43.2 Å². The van der Waals surface area contributed by atoms with E-state index in [0.29, 0.717) is 44.3 Å². The van der Waals surface area contributed by atoms with Crippen molar-refractivity contribution in [3.05, 3.63) is 57.0 Å². The van der Waals surface area contributed by atoms with Crippen molar-refractivity contribution in [2.24, 2.45) is 5.92 Å². The molecule has 0 saturated heterocycles. The smallest absolute Gasteiger partial charge is 0.341 e. The fourth-order valence-electron chi connectivity index (χ4n) is 4.81. The van der Waals surface area contributed by atoms with Gasteiger partial charge in [0.25, 0.3) is 0 Å². The topological polar surface area (TPSA) is 142 Å². The van der Waals surface area contributed by atoms with Gasteiger partial charge >= 0.3 is 5.97 Å². The van der Waals surface area contributed by atoms with Gasteiger partial charge in [-0.05, 0) is 47.8 Å². The van der Waals surface area contributed by atoms with Crippen molar-refractivity contribution >= 4 is 45.8 Å². The third-order valence-electron chi connectivity index (χ3n) is 7.00. The van der Waals surface area contributed by atoms with Crippen LogP contribution >= 0.6 is 23.1 Å². The number of esters is 1. The number of nitrogens with two attached hydrogens (primary N) is 1. The van der Waals surface area contributed by atoms with Gasteiger partial charge in [0.2, 0.25) is 5.91 Å². The van der Waals surface area contributed by atoms with E-state index in [4.69, 9.17) is 10.5 Å². The standard InChI is InChI=1S/C30H31N5O3S2/c1-16(2)18-6-8-19(9-7-18)25-21(14-31)27(33)35-28(22(25)15-32)39-12-11-24(36)34-29-26(30(37)38-4)20-10-5-17(3)13-23(20)40-29/h6-9,16-17H,5,10-13H2,1-4H3,(H2,33,35)(H,34,36). The molecule has 1 aromatic carbocycles. The first-order valence-corrected chi connectivity index (χ1v) is 14.9. The Labute approximate surface area is 242 Å². The molecule has 0 radical (unpaired) electrons. The number of nitrogens with zero attached hydrogens (tertiary/aromatic N) is 3. The molecule has 0 aliphatic heterocycles. The second kappa shape index (κ2) is 12.5. The van der Waals surface area contributed by atoms with Gasteiger partial charge in [-0.25, -0.2) is 9.78 Å². The van der Waals surface area contributed by atoms with Gasteiger partial charge in [-0.15, -0.1) is 23.1 Å². The first kappa shape index (κ1) is 29.1. The third kappa shape index (κ3) is 5.99. The minimum atomic E-state index is -0.443. The van der Waals surface area contributed by atoms with Crippen molar-refractivity contribution < 1.29 is 14.3 Å². The normalized spacial score (nSPS) is 14.2. The summed E-state index contributed by atoms with van der Waals surface area (Å²) in [5, 5.41) is 23.6. The van der Waals surface area contributed by atoms with Gasteiger partial charge in [0, 0.05) is 22.6 Å². The van der Waals surface area contributed by atoms with Gasteiger partial charge in [0.05, 0.1) is 18.2 Å². The number of thioether (sulfide) groups is 1. The Morgan fingerprint density at radius 2 is 1.93 bits per heavy atom. The Balaban J connectivity index is 1.53. The number of thiophene rings is 1. The van der Waals surface area contributed by atoms with Crippen molar-refractivity contribution in [2.75, 3.05) is 23.9 Å². The monoisotopic (exact) mass is 573 g/mol. The largest absolute Gasteiger partial charge is 0.465 e. The van der Waals surface area contributed by atoms with Crippen LogP contribution in [0.2, 0.25) is 0 Å². The van der Waals surface area contributed by atoms with E-state index in [-0.39, 0.29) is 29.3 Å². The lowest BCUT2D eigenvalue weighted by atomic mass is 9.88. The number of benzene rings is 1. The molecule has 0 bridgehead atoms. The molecular weight excluding hydrogens is 542 g/mol. The van der Waals surface area contributed by atoms with Gasteiger partial charge in [0.15, 0.2) is 0 Å². The molecule has 4 rings (SSSR count). The van der Waals surface area contributed by atoms with E-state index in [1.165, 1.54) is 30.2 Å². The summed E-state index contributed by atoms with van der Waals surface area (Å²) < 4.78 is 5.01. The number of methoxy groups -OCH3 is 1. The zero-order valence-corrected chi connectivity index (χ0v) is 24.6. The SMILES string of the molecule is COC(=O)c1c(NC(=O)CCSc2nc(N)c(C#N)c(-c3ccc(C(C)C)cc3)c2C#N)sc2c1CCC(C)C2. The van der Waals surface area contributed by atoms with Crippen LogP contribution in [-0.2, 0) is 22.4 Å². The Kier molecular flexibility index (Phi) is 9.14. The zero-order chi connectivity index (χ0) is 29.0. The molecule has 1 unspecified atom stereocenters. The Morgan fingerprint density at radius 1 is 1.23 bits per heavy atom. The van der Waals surface area contributed by atoms with Gasteiger partial charge < -0.3 is 15.8 Å². The van der Waals surface area contributed by atoms with Crippen LogP contribution in [-0.4, -0.2) is 29.7 Å². The zero-order valence-electron chi connectivity index (χ0n) is 23.0. The molecule has 0 spiro atoms. The number of fused-ring (bicyclic) bond motifs is 1.